The number of rotatable bonds is 3. The Balaban J connectivity index is 2.85. The maximum atomic E-state index is 12.8. The van der Waals surface area contributed by atoms with Crippen LogP contribution >= 0.6 is 15.9 Å². The number of aliphatic carboxylic acids is 1. The molecule has 1 atom stereocenters. The average molecular weight is 261 g/mol. The zero-order chi connectivity index (χ0) is 10.7. The van der Waals surface area contributed by atoms with Crippen LogP contribution < -0.4 is 0 Å². The summed E-state index contributed by atoms with van der Waals surface area (Å²) >= 11 is 3.25. The van der Waals surface area contributed by atoms with E-state index in [1.807, 2.05) is 0 Å². The highest BCUT2D eigenvalue weighted by Crippen LogP contribution is 2.21. The van der Waals surface area contributed by atoms with Crippen LogP contribution in [-0.4, -0.2) is 11.1 Å². The summed E-state index contributed by atoms with van der Waals surface area (Å²) in [5, 5.41) is 8.69. The van der Waals surface area contributed by atoms with Crippen molar-refractivity contribution in [2.24, 2.45) is 5.92 Å². The fourth-order valence-corrected chi connectivity index (χ4v) is 1.53. The molecule has 1 unspecified atom stereocenters. The summed E-state index contributed by atoms with van der Waals surface area (Å²) in [4.78, 5) is 10.6. The Labute approximate surface area is 89.9 Å². The van der Waals surface area contributed by atoms with Crippen molar-refractivity contribution in [3.05, 3.63) is 34.1 Å². The zero-order valence-electron chi connectivity index (χ0n) is 7.63. The van der Waals surface area contributed by atoms with Crippen molar-refractivity contribution < 1.29 is 14.3 Å². The molecule has 0 radical (unpaired) electrons. The normalized spacial score (nSPS) is 12.5. The van der Waals surface area contributed by atoms with Crippen LogP contribution in [0.25, 0.3) is 0 Å². The lowest BCUT2D eigenvalue weighted by Gasteiger charge is -2.07. The smallest absolute Gasteiger partial charge is 0.306 e. The quantitative estimate of drug-likeness (QED) is 0.908. The topological polar surface area (TPSA) is 37.3 Å². The highest BCUT2D eigenvalue weighted by molar-refractivity contribution is 9.10. The second-order valence-electron chi connectivity index (χ2n) is 3.18. The molecule has 0 saturated heterocycles. The lowest BCUT2D eigenvalue weighted by Crippen LogP contribution is -2.12. The van der Waals surface area contributed by atoms with Gasteiger partial charge in [-0.05, 0) is 30.2 Å². The van der Waals surface area contributed by atoms with Crippen LogP contribution in [0.1, 0.15) is 12.5 Å². The van der Waals surface area contributed by atoms with Crippen LogP contribution in [0.5, 0.6) is 0 Å². The molecular formula is C10H10BrFO2. The molecule has 0 aliphatic carbocycles. The number of carboxylic acids is 1. The largest absolute Gasteiger partial charge is 0.481 e. The maximum Gasteiger partial charge on any atom is 0.306 e. The van der Waals surface area contributed by atoms with Gasteiger partial charge < -0.3 is 5.11 Å². The second kappa shape index (κ2) is 4.55. The summed E-state index contributed by atoms with van der Waals surface area (Å²) < 4.78 is 13.6. The first-order chi connectivity index (χ1) is 6.50. The molecule has 0 saturated carbocycles. The van der Waals surface area contributed by atoms with E-state index in [4.69, 9.17) is 5.11 Å². The summed E-state index contributed by atoms with van der Waals surface area (Å²) in [6.07, 6.45) is 0.327. The van der Waals surface area contributed by atoms with E-state index in [1.165, 1.54) is 12.1 Å². The van der Waals surface area contributed by atoms with E-state index in [9.17, 15) is 9.18 Å². The van der Waals surface area contributed by atoms with Crippen molar-refractivity contribution in [1.29, 1.82) is 0 Å². The predicted molar refractivity (Wildman–Crippen MR) is 54.6 cm³/mol. The number of carbonyl (C=O) groups is 1. The minimum Gasteiger partial charge on any atom is -0.481 e. The Morgan fingerprint density at radius 2 is 2.29 bits per heavy atom. The third kappa shape index (κ3) is 2.80. The monoisotopic (exact) mass is 260 g/mol. The van der Waals surface area contributed by atoms with Crippen LogP contribution in [0, 0.1) is 11.7 Å². The van der Waals surface area contributed by atoms with Crippen molar-refractivity contribution in [2.45, 2.75) is 13.3 Å². The van der Waals surface area contributed by atoms with E-state index in [1.54, 1.807) is 13.0 Å². The van der Waals surface area contributed by atoms with Crippen molar-refractivity contribution >= 4 is 21.9 Å². The van der Waals surface area contributed by atoms with Gasteiger partial charge in [0.2, 0.25) is 0 Å². The highest BCUT2D eigenvalue weighted by Gasteiger charge is 2.13. The number of carboxylic acid groups (broad SMARTS) is 1. The summed E-state index contributed by atoms with van der Waals surface area (Å²) in [7, 11) is 0. The molecule has 2 nitrogen and oxygen atoms in total. The molecule has 0 bridgehead atoms. The van der Waals surface area contributed by atoms with Gasteiger partial charge in [-0.15, -0.1) is 0 Å². The first kappa shape index (κ1) is 11.2. The van der Waals surface area contributed by atoms with E-state index in [0.717, 1.165) is 4.47 Å². The summed E-state index contributed by atoms with van der Waals surface area (Å²) in [6.45, 7) is 1.60. The van der Waals surface area contributed by atoms with E-state index >= 15 is 0 Å². The molecule has 0 aliphatic heterocycles. The number of benzene rings is 1. The van der Waals surface area contributed by atoms with Crippen molar-refractivity contribution in [3.63, 3.8) is 0 Å². The second-order valence-corrected chi connectivity index (χ2v) is 4.03. The van der Waals surface area contributed by atoms with Gasteiger partial charge in [0.15, 0.2) is 0 Å². The molecule has 0 aliphatic rings. The Morgan fingerprint density at radius 3 is 2.86 bits per heavy atom. The lowest BCUT2D eigenvalue weighted by atomic mass is 10.0. The predicted octanol–water partition coefficient (Wildman–Crippen LogP) is 2.85. The van der Waals surface area contributed by atoms with Crippen LogP contribution in [-0.2, 0) is 11.2 Å². The van der Waals surface area contributed by atoms with E-state index < -0.39 is 11.9 Å². The van der Waals surface area contributed by atoms with E-state index in [0.29, 0.717) is 12.0 Å². The fraction of sp³-hybridized carbons (Fsp3) is 0.300. The van der Waals surface area contributed by atoms with Gasteiger partial charge in [-0.25, -0.2) is 4.39 Å². The first-order valence-electron chi connectivity index (χ1n) is 4.17. The Hall–Kier alpha value is -0.900. The maximum absolute atomic E-state index is 12.8. The molecule has 0 fully saturated rings. The molecule has 0 heterocycles. The first-order valence-corrected chi connectivity index (χ1v) is 4.96. The summed E-state index contributed by atoms with van der Waals surface area (Å²) in [5.74, 6) is -1.73. The van der Waals surface area contributed by atoms with Gasteiger partial charge >= 0.3 is 5.97 Å². The highest BCUT2D eigenvalue weighted by atomic mass is 79.9. The van der Waals surface area contributed by atoms with Crippen LogP contribution in [0.3, 0.4) is 0 Å². The zero-order valence-corrected chi connectivity index (χ0v) is 9.21. The molecule has 0 spiro atoms. The molecular weight excluding hydrogens is 251 g/mol. The third-order valence-corrected chi connectivity index (χ3v) is 2.73. The number of halogens is 2. The Morgan fingerprint density at radius 1 is 1.64 bits per heavy atom. The number of hydrogen-bond acceptors (Lipinski definition) is 1. The molecule has 1 N–H and O–H groups in total. The van der Waals surface area contributed by atoms with E-state index in [-0.39, 0.29) is 5.82 Å². The SMILES string of the molecule is CC(Cc1cc(F)ccc1Br)C(=O)O. The minimum absolute atomic E-state index is 0.327. The standard InChI is InChI=1S/C10H10BrFO2/c1-6(10(13)14)4-7-5-8(12)2-3-9(7)11/h2-3,5-6H,4H2,1H3,(H,13,14). The Kier molecular flexibility index (Phi) is 3.63. The average Bonchev–Trinajstić information content (AvgIpc) is 2.11. The van der Waals surface area contributed by atoms with Gasteiger partial charge in [0, 0.05) is 4.47 Å². The summed E-state index contributed by atoms with van der Waals surface area (Å²) in [6, 6.07) is 4.27. The van der Waals surface area contributed by atoms with Gasteiger partial charge in [-0.2, -0.15) is 0 Å². The molecule has 0 amide bonds. The van der Waals surface area contributed by atoms with Crippen molar-refractivity contribution in [2.75, 3.05) is 0 Å². The van der Waals surface area contributed by atoms with E-state index in [2.05, 4.69) is 15.9 Å². The molecule has 1 aromatic rings. The minimum atomic E-state index is -0.874. The number of hydrogen-bond donors (Lipinski definition) is 1. The van der Waals surface area contributed by atoms with Crippen LogP contribution in [0.15, 0.2) is 22.7 Å². The van der Waals surface area contributed by atoms with Crippen molar-refractivity contribution in [3.8, 4) is 0 Å². The third-order valence-electron chi connectivity index (χ3n) is 1.96. The fourth-order valence-electron chi connectivity index (χ4n) is 1.12. The van der Waals surface area contributed by atoms with Crippen molar-refractivity contribution in [1.82, 2.24) is 0 Å². The van der Waals surface area contributed by atoms with Crippen LogP contribution in [0.2, 0.25) is 0 Å². The molecule has 1 rings (SSSR count). The molecule has 1 aromatic carbocycles. The molecule has 14 heavy (non-hydrogen) atoms. The molecule has 4 heteroatoms. The van der Waals surface area contributed by atoms with Gasteiger partial charge in [0.05, 0.1) is 5.92 Å². The lowest BCUT2D eigenvalue weighted by molar-refractivity contribution is -0.141. The van der Waals surface area contributed by atoms with Gasteiger partial charge in [-0.1, -0.05) is 22.9 Å². The van der Waals surface area contributed by atoms with Gasteiger partial charge in [0.1, 0.15) is 5.82 Å². The van der Waals surface area contributed by atoms with Crippen LogP contribution in [0.4, 0.5) is 4.39 Å². The Bertz CT molecular complexity index is 352. The molecule has 0 aromatic heterocycles. The van der Waals surface area contributed by atoms with Gasteiger partial charge in [0.25, 0.3) is 0 Å². The summed E-state index contributed by atoms with van der Waals surface area (Å²) in [5.41, 5.74) is 0.680. The van der Waals surface area contributed by atoms with Gasteiger partial charge in [-0.3, -0.25) is 4.79 Å². The molecule has 76 valence electrons.